The summed E-state index contributed by atoms with van der Waals surface area (Å²) in [5.41, 5.74) is 0.763. The normalized spacial score (nSPS) is 21.0. The lowest BCUT2D eigenvalue weighted by molar-refractivity contribution is -0.116. The molecule has 3 rings (SSSR count). The van der Waals surface area contributed by atoms with Crippen molar-refractivity contribution in [3.63, 3.8) is 0 Å². The van der Waals surface area contributed by atoms with Gasteiger partial charge in [0.25, 0.3) is 0 Å². The molecule has 110 valence electrons. The van der Waals surface area contributed by atoms with E-state index in [1.807, 2.05) is 30.3 Å². The van der Waals surface area contributed by atoms with E-state index in [0.717, 1.165) is 11.0 Å². The highest BCUT2D eigenvalue weighted by molar-refractivity contribution is 7.91. The molecule has 2 heterocycles. The van der Waals surface area contributed by atoms with Gasteiger partial charge in [0.05, 0.1) is 11.5 Å². The molecule has 1 amide bonds. The zero-order valence-corrected chi connectivity index (χ0v) is 12.1. The van der Waals surface area contributed by atoms with Crippen molar-refractivity contribution < 1.29 is 17.6 Å². The molecule has 1 unspecified atom stereocenters. The van der Waals surface area contributed by atoms with E-state index in [2.05, 4.69) is 5.32 Å². The number of carbonyl (C=O) groups excluding carboxylic acids is 1. The summed E-state index contributed by atoms with van der Waals surface area (Å²) in [6, 6.07) is 9.14. The highest BCUT2D eigenvalue weighted by Crippen LogP contribution is 2.19. The van der Waals surface area contributed by atoms with Crippen LogP contribution in [0, 0.1) is 0 Å². The number of hydrogen-bond acceptors (Lipinski definition) is 4. The van der Waals surface area contributed by atoms with Crippen LogP contribution in [0.5, 0.6) is 0 Å². The second-order valence-corrected chi connectivity index (χ2v) is 7.36. The number of fused-ring (bicyclic) bond motifs is 1. The predicted molar refractivity (Wildman–Crippen MR) is 80.4 cm³/mol. The minimum absolute atomic E-state index is 0.0250. The van der Waals surface area contributed by atoms with Crippen LogP contribution in [0.2, 0.25) is 0 Å². The van der Waals surface area contributed by atoms with Crippen molar-refractivity contribution in [3.8, 4) is 0 Å². The minimum atomic E-state index is -2.98. The summed E-state index contributed by atoms with van der Waals surface area (Å²) in [6.07, 6.45) is 3.42. The van der Waals surface area contributed by atoms with E-state index < -0.39 is 9.84 Å². The van der Waals surface area contributed by atoms with Gasteiger partial charge in [0.15, 0.2) is 9.84 Å². The Kier molecular flexibility index (Phi) is 3.55. The molecule has 2 aromatic rings. The molecule has 1 aliphatic rings. The first-order valence-corrected chi connectivity index (χ1v) is 8.51. The summed E-state index contributed by atoms with van der Waals surface area (Å²) >= 11 is 0. The second kappa shape index (κ2) is 5.37. The van der Waals surface area contributed by atoms with E-state index >= 15 is 0 Å². The monoisotopic (exact) mass is 305 g/mol. The Balaban J connectivity index is 1.64. The number of para-hydroxylation sites is 1. The third-order valence-electron chi connectivity index (χ3n) is 3.42. The number of hydrogen-bond donors (Lipinski definition) is 1. The van der Waals surface area contributed by atoms with Crippen molar-refractivity contribution >= 4 is 32.8 Å². The number of carbonyl (C=O) groups is 1. The average Bonchev–Trinajstić information content (AvgIpc) is 2.99. The predicted octanol–water partition coefficient (Wildman–Crippen LogP) is 1.75. The van der Waals surface area contributed by atoms with Gasteiger partial charge in [-0.15, -0.1) is 0 Å². The van der Waals surface area contributed by atoms with E-state index in [4.69, 9.17) is 4.42 Å². The number of benzene rings is 1. The van der Waals surface area contributed by atoms with Gasteiger partial charge in [-0.25, -0.2) is 8.42 Å². The molecule has 1 atom stereocenters. The van der Waals surface area contributed by atoms with E-state index in [1.54, 1.807) is 6.08 Å². The summed E-state index contributed by atoms with van der Waals surface area (Å²) in [4.78, 5) is 11.8. The Morgan fingerprint density at radius 3 is 2.86 bits per heavy atom. The summed E-state index contributed by atoms with van der Waals surface area (Å²) in [6.45, 7) is 0. The first-order valence-electron chi connectivity index (χ1n) is 6.69. The Morgan fingerprint density at radius 1 is 1.33 bits per heavy atom. The van der Waals surface area contributed by atoms with Crippen LogP contribution >= 0.6 is 0 Å². The van der Waals surface area contributed by atoms with Gasteiger partial charge < -0.3 is 9.73 Å². The van der Waals surface area contributed by atoms with Crippen LogP contribution in [-0.2, 0) is 14.6 Å². The van der Waals surface area contributed by atoms with Gasteiger partial charge in [-0.1, -0.05) is 18.2 Å². The minimum Gasteiger partial charge on any atom is -0.457 e. The summed E-state index contributed by atoms with van der Waals surface area (Å²) in [5, 5.41) is 3.66. The Labute approximate surface area is 122 Å². The van der Waals surface area contributed by atoms with Crippen molar-refractivity contribution in [1.29, 1.82) is 0 Å². The maximum Gasteiger partial charge on any atom is 0.244 e. The molecule has 1 aromatic heterocycles. The quantitative estimate of drug-likeness (QED) is 0.877. The SMILES string of the molecule is O=C(C=Cc1cc2ccccc2o1)NC1CCS(=O)(=O)C1. The van der Waals surface area contributed by atoms with Crippen LogP contribution in [-0.4, -0.2) is 31.9 Å². The zero-order valence-electron chi connectivity index (χ0n) is 11.3. The fraction of sp³-hybridized carbons (Fsp3) is 0.267. The molecule has 5 nitrogen and oxygen atoms in total. The molecule has 6 heteroatoms. The van der Waals surface area contributed by atoms with Gasteiger partial charge in [0, 0.05) is 17.5 Å². The molecule has 1 fully saturated rings. The van der Waals surface area contributed by atoms with Gasteiger partial charge >= 0.3 is 0 Å². The van der Waals surface area contributed by atoms with E-state index in [1.165, 1.54) is 6.08 Å². The Bertz CT molecular complexity index is 771. The lowest BCUT2D eigenvalue weighted by Crippen LogP contribution is -2.34. The van der Waals surface area contributed by atoms with Crippen molar-refractivity contribution in [3.05, 3.63) is 42.2 Å². The second-order valence-electron chi connectivity index (χ2n) is 5.13. The topological polar surface area (TPSA) is 76.4 Å². The molecule has 1 aliphatic heterocycles. The number of amides is 1. The molecular weight excluding hydrogens is 290 g/mol. The largest absolute Gasteiger partial charge is 0.457 e. The fourth-order valence-corrected chi connectivity index (χ4v) is 4.07. The smallest absolute Gasteiger partial charge is 0.244 e. The van der Waals surface area contributed by atoms with Crippen LogP contribution in [0.15, 0.2) is 40.8 Å². The van der Waals surface area contributed by atoms with Crippen LogP contribution in [0.25, 0.3) is 17.0 Å². The maximum atomic E-state index is 11.8. The maximum absolute atomic E-state index is 11.8. The summed E-state index contributed by atoms with van der Waals surface area (Å²) < 4.78 is 28.2. The zero-order chi connectivity index (χ0) is 14.9. The molecule has 1 N–H and O–H groups in total. The standard InChI is InChI=1S/C15H15NO4S/c17-15(16-12-7-8-21(18,19)10-12)6-5-13-9-11-3-1-2-4-14(11)20-13/h1-6,9,12H,7-8,10H2,(H,16,17). The van der Waals surface area contributed by atoms with Crippen molar-refractivity contribution in [1.82, 2.24) is 5.32 Å². The van der Waals surface area contributed by atoms with Gasteiger partial charge in [-0.05, 0) is 24.6 Å². The third kappa shape index (κ3) is 3.33. The highest BCUT2D eigenvalue weighted by atomic mass is 32.2. The van der Waals surface area contributed by atoms with Crippen LogP contribution in [0.1, 0.15) is 12.2 Å². The summed E-state index contributed by atoms with van der Waals surface area (Å²) in [5.74, 6) is 0.450. The first kappa shape index (κ1) is 13.9. The Hall–Kier alpha value is -2.08. The van der Waals surface area contributed by atoms with Crippen LogP contribution in [0.3, 0.4) is 0 Å². The molecule has 0 bridgehead atoms. The molecule has 0 radical (unpaired) electrons. The van der Waals surface area contributed by atoms with Crippen molar-refractivity contribution in [2.75, 3.05) is 11.5 Å². The van der Waals surface area contributed by atoms with Crippen LogP contribution < -0.4 is 5.32 Å². The molecule has 0 saturated carbocycles. The van der Waals surface area contributed by atoms with Gasteiger partial charge in [-0.3, -0.25) is 4.79 Å². The first-order chi connectivity index (χ1) is 10.0. The molecule has 1 aromatic carbocycles. The number of sulfone groups is 1. The Morgan fingerprint density at radius 2 is 2.14 bits per heavy atom. The molecule has 0 spiro atoms. The fourth-order valence-electron chi connectivity index (χ4n) is 2.40. The molecule has 1 saturated heterocycles. The van der Waals surface area contributed by atoms with E-state index in [9.17, 15) is 13.2 Å². The highest BCUT2D eigenvalue weighted by Gasteiger charge is 2.28. The lowest BCUT2D eigenvalue weighted by Gasteiger charge is -2.07. The van der Waals surface area contributed by atoms with Gasteiger partial charge in [-0.2, -0.15) is 0 Å². The average molecular weight is 305 g/mol. The van der Waals surface area contributed by atoms with Crippen molar-refractivity contribution in [2.24, 2.45) is 0 Å². The van der Waals surface area contributed by atoms with E-state index in [-0.39, 0.29) is 23.5 Å². The van der Waals surface area contributed by atoms with E-state index in [0.29, 0.717) is 12.2 Å². The molecular formula is C15H15NO4S. The number of rotatable bonds is 3. The summed E-state index contributed by atoms with van der Waals surface area (Å²) in [7, 11) is -2.98. The lowest BCUT2D eigenvalue weighted by atomic mass is 10.2. The number of furan rings is 1. The number of nitrogens with one attached hydrogen (secondary N) is 1. The van der Waals surface area contributed by atoms with Crippen LogP contribution in [0.4, 0.5) is 0 Å². The van der Waals surface area contributed by atoms with Crippen molar-refractivity contribution in [2.45, 2.75) is 12.5 Å². The van der Waals surface area contributed by atoms with Gasteiger partial charge in [0.1, 0.15) is 11.3 Å². The third-order valence-corrected chi connectivity index (χ3v) is 5.19. The molecule has 0 aliphatic carbocycles. The molecule has 21 heavy (non-hydrogen) atoms. The van der Waals surface area contributed by atoms with Gasteiger partial charge in [0.2, 0.25) is 5.91 Å².